The van der Waals surface area contributed by atoms with Crippen molar-refractivity contribution in [3.05, 3.63) is 23.8 Å². The van der Waals surface area contributed by atoms with E-state index in [2.05, 4.69) is 53.7 Å². The zero-order valence-electron chi connectivity index (χ0n) is 21.3. The quantitative estimate of drug-likeness (QED) is 0.464. The highest BCUT2D eigenvalue weighted by atomic mass is 16.3. The maximum absolute atomic E-state index is 11.6. The van der Waals surface area contributed by atoms with Crippen molar-refractivity contribution >= 4 is 0 Å². The average Bonchev–Trinajstić information content (AvgIpc) is 3.08. The van der Waals surface area contributed by atoms with E-state index in [1.165, 1.54) is 31.3 Å². The van der Waals surface area contributed by atoms with Gasteiger partial charge < -0.3 is 15.3 Å². The number of rotatable bonds is 5. The summed E-state index contributed by atoms with van der Waals surface area (Å²) >= 11 is 0. The minimum absolute atomic E-state index is 0.269. The molecule has 4 aliphatic rings. The summed E-state index contributed by atoms with van der Waals surface area (Å²) in [6.45, 7) is 14.1. The Hall–Kier alpha value is -0.640. The third kappa shape index (κ3) is 3.57. The molecule has 3 heteroatoms. The highest BCUT2D eigenvalue weighted by molar-refractivity contribution is 5.33. The maximum atomic E-state index is 11.6. The lowest BCUT2D eigenvalue weighted by atomic mass is 9.45. The van der Waals surface area contributed by atoms with Crippen molar-refractivity contribution in [3.63, 3.8) is 0 Å². The predicted molar refractivity (Wildman–Crippen MR) is 131 cm³/mol. The van der Waals surface area contributed by atoms with Gasteiger partial charge in [-0.15, -0.1) is 0 Å². The summed E-state index contributed by atoms with van der Waals surface area (Å²) in [7, 11) is 0. The van der Waals surface area contributed by atoms with E-state index in [1.807, 2.05) is 6.08 Å². The van der Waals surface area contributed by atoms with E-state index in [0.29, 0.717) is 41.9 Å². The lowest BCUT2D eigenvalue weighted by molar-refractivity contribution is -0.210. The molecule has 10 atom stereocenters. The summed E-state index contributed by atoms with van der Waals surface area (Å²) in [6.07, 6.45) is 13.4. The van der Waals surface area contributed by atoms with Gasteiger partial charge in [0, 0.05) is 11.8 Å². The summed E-state index contributed by atoms with van der Waals surface area (Å²) < 4.78 is 0. The van der Waals surface area contributed by atoms with Gasteiger partial charge in [0.15, 0.2) is 0 Å². The Morgan fingerprint density at radius 2 is 1.72 bits per heavy atom. The zero-order valence-corrected chi connectivity index (χ0v) is 21.3. The van der Waals surface area contributed by atoms with Crippen molar-refractivity contribution in [1.29, 1.82) is 0 Å². The Morgan fingerprint density at radius 1 is 1.00 bits per heavy atom. The van der Waals surface area contributed by atoms with Crippen LogP contribution in [0, 0.1) is 46.3 Å². The van der Waals surface area contributed by atoms with Gasteiger partial charge in [0.2, 0.25) is 0 Å². The average molecular weight is 445 g/mol. The van der Waals surface area contributed by atoms with Gasteiger partial charge in [-0.2, -0.15) is 0 Å². The highest BCUT2D eigenvalue weighted by Crippen LogP contribution is 2.67. The van der Waals surface area contributed by atoms with E-state index in [9.17, 15) is 15.3 Å². The molecular weight excluding hydrogens is 396 g/mol. The molecule has 3 N–H and O–H groups in total. The molecule has 0 heterocycles. The lowest BCUT2D eigenvalue weighted by Gasteiger charge is -2.62. The van der Waals surface area contributed by atoms with Crippen LogP contribution in [0.25, 0.3) is 0 Å². The van der Waals surface area contributed by atoms with Gasteiger partial charge in [-0.1, -0.05) is 65.3 Å². The summed E-state index contributed by atoms with van der Waals surface area (Å²) in [5.74, 6) is 3.44. The van der Waals surface area contributed by atoms with Gasteiger partial charge in [-0.3, -0.25) is 0 Å². The fourth-order valence-corrected chi connectivity index (χ4v) is 8.73. The number of fused-ring (bicyclic) bond motifs is 5. The van der Waals surface area contributed by atoms with Crippen molar-refractivity contribution < 1.29 is 15.3 Å². The van der Waals surface area contributed by atoms with Crippen LogP contribution in [-0.4, -0.2) is 33.1 Å². The van der Waals surface area contributed by atoms with Crippen molar-refractivity contribution in [2.45, 2.75) is 111 Å². The van der Waals surface area contributed by atoms with Crippen LogP contribution in [-0.2, 0) is 0 Å². The van der Waals surface area contributed by atoms with Crippen molar-refractivity contribution in [3.8, 4) is 0 Å². The van der Waals surface area contributed by atoms with Crippen molar-refractivity contribution in [1.82, 2.24) is 0 Å². The number of aliphatic hydroxyl groups excluding tert-OH is 2. The number of aliphatic hydroxyl groups is 3. The van der Waals surface area contributed by atoms with E-state index >= 15 is 0 Å². The second-order valence-corrected chi connectivity index (χ2v) is 12.7. The first-order chi connectivity index (χ1) is 15.0. The van der Waals surface area contributed by atoms with Crippen molar-refractivity contribution in [2.24, 2.45) is 46.3 Å². The Bertz CT molecular complexity index is 756. The smallest absolute Gasteiger partial charge is 0.102 e. The third-order valence-corrected chi connectivity index (χ3v) is 11.0. The molecule has 0 aliphatic heterocycles. The first-order valence-corrected chi connectivity index (χ1v) is 13.5. The molecule has 0 bridgehead atoms. The normalized spacial score (nSPS) is 48.2. The van der Waals surface area contributed by atoms with Crippen molar-refractivity contribution in [2.75, 3.05) is 0 Å². The monoisotopic (exact) mass is 444 g/mol. The van der Waals surface area contributed by atoms with Crippen LogP contribution < -0.4 is 0 Å². The summed E-state index contributed by atoms with van der Waals surface area (Å²) in [6, 6.07) is 0. The van der Waals surface area contributed by atoms with Crippen LogP contribution in [0.3, 0.4) is 0 Å². The molecule has 0 spiro atoms. The number of hydrogen-bond donors (Lipinski definition) is 3. The molecule has 0 radical (unpaired) electrons. The first-order valence-electron chi connectivity index (χ1n) is 13.5. The standard InChI is InChI=1S/C29H48O3/c1-7-20(18(2)3)9-8-19(4)23-10-11-24-22-16-26(31)29(32)17-21(30)12-15-28(29,6)25(22)13-14-27(23,24)5/h8-9,16,18-21,23-26,30-32H,7,10-15,17H2,1-6H3/t19-,20?,21?,23-,24+,25+,26?,27-,28-,29?/m1/s1. The van der Waals surface area contributed by atoms with Crippen LogP contribution >= 0.6 is 0 Å². The van der Waals surface area contributed by atoms with Gasteiger partial charge in [0.25, 0.3) is 0 Å². The predicted octanol–water partition coefficient (Wildman–Crippen LogP) is 5.89. The summed E-state index contributed by atoms with van der Waals surface area (Å²) in [5, 5.41) is 33.0. The molecule has 4 rings (SSSR count). The molecule has 3 fully saturated rings. The van der Waals surface area contributed by atoms with E-state index in [1.54, 1.807) is 0 Å². The summed E-state index contributed by atoms with van der Waals surface area (Å²) in [4.78, 5) is 0. The Balaban J connectivity index is 1.60. The van der Waals surface area contributed by atoms with E-state index in [0.717, 1.165) is 19.3 Å². The second-order valence-electron chi connectivity index (χ2n) is 12.7. The van der Waals surface area contributed by atoms with Crippen LogP contribution in [0.4, 0.5) is 0 Å². The molecule has 182 valence electrons. The maximum Gasteiger partial charge on any atom is 0.102 e. The van der Waals surface area contributed by atoms with Gasteiger partial charge >= 0.3 is 0 Å². The number of allylic oxidation sites excluding steroid dienone is 3. The molecule has 4 aliphatic carbocycles. The molecule has 0 aromatic heterocycles. The SMILES string of the molecule is CCC(C=C[C@@H](C)[C@H]1CC[C@H]2C3=CC(O)C4(O)CC(O)CC[C@]4(C)[C@H]3CC[C@]12C)C(C)C. The first kappa shape index (κ1) is 24.5. The fourth-order valence-electron chi connectivity index (χ4n) is 8.73. The minimum Gasteiger partial charge on any atom is -0.393 e. The highest BCUT2D eigenvalue weighted by Gasteiger charge is 2.64. The largest absolute Gasteiger partial charge is 0.393 e. The van der Waals surface area contributed by atoms with Gasteiger partial charge in [-0.25, -0.2) is 0 Å². The van der Waals surface area contributed by atoms with E-state index < -0.39 is 17.8 Å². The topological polar surface area (TPSA) is 60.7 Å². The molecule has 3 nitrogen and oxygen atoms in total. The Labute approximate surface area is 196 Å². The molecule has 0 amide bonds. The molecule has 4 unspecified atom stereocenters. The Morgan fingerprint density at radius 3 is 2.38 bits per heavy atom. The van der Waals surface area contributed by atoms with Gasteiger partial charge in [-0.05, 0) is 85.9 Å². The molecule has 0 aromatic rings. The Kier molecular flexibility index (Phi) is 6.53. The lowest BCUT2D eigenvalue weighted by Crippen LogP contribution is -2.65. The molecular formula is C29H48O3. The van der Waals surface area contributed by atoms with Gasteiger partial charge in [0.1, 0.15) is 11.7 Å². The molecule has 0 aromatic carbocycles. The zero-order chi connectivity index (χ0) is 23.5. The van der Waals surface area contributed by atoms with E-state index in [-0.39, 0.29) is 10.8 Å². The van der Waals surface area contributed by atoms with E-state index in [4.69, 9.17) is 0 Å². The minimum atomic E-state index is -1.20. The molecule has 3 saturated carbocycles. The van der Waals surface area contributed by atoms with Crippen LogP contribution in [0.15, 0.2) is 23.8 Å². The fraction of sp³-hybridized carbons (Fsp3) is 0.862. The summed E-state index contributed by atoms with van der Waals surface area (Å²) in [5.41, 5.74) is 0.159. The second kappa shape index (κ2) is 8.54. The van der Waals surface area contributed by atoms with Gasteiger partial charge in [0.05, 0.1) is 6.10 Å². The van der Waals surface area contributed by atoms with Crippen LogP contribution in [0.2, 0.25) is 0 Å². The molecule has 0 saturated heterocycles. The third-order valence-electron chi connectivity index (χ3n) is 11.0. The van der Waals surface area contributed by atoms with Crippen LogP contribution in [0.5, 0.6) is 0 Å². The number of hydrogen-bond acceptors (Lipinski definition) is 3. The van der Waals surface area contributed by atoms with Crippen LogP contribution in [0.1, 0.15) is 92.9 Å². The molecule has 32 heavy (non-hydrogen) atoms.